The number of halogens is 3. The molecule has 1 aliphatic rings. The van der Waals surface area contributed by atoms with Gasteiger partial charge in [-0.05, 0) is 17.7 Å². The van der Waals surface area contributed by atoms with Gasteiger partial charge in [0.05, 0.1) is 6.54 Å². The second-order valence-electron chi connectivity index (χ2n) is 4.91. The fourth-order valence-corrected chi connectivity index (χ4v) is 2.24. The zero-order valence-electron chi connectivity index (χ0n) is 10.7. The minimum Gasteiger partial charge on any atom is -0.399 e. The van der Waals surface area contributed by atoms with Crippen LogP contribution in [0.5, 0.6) is 0 Å². The molecule has 3 nitrogen and oxygen atoms in total. The van der Waals surface area contributed by atoms with Crippen molar-refractivity contribution in [2.75, 3.05) is 38.5 Å². The summed E-state index contributed by atoms with van der Waals surface area (Å²) in [6.45, 7) is 2.23. The number of rotatable bonds is 3. The third-order valence-corrected chi connectivity index (χ3v) is 3.25. The zero-order chi connectivity index (χ0) is 13.9. The van der Waals surface area contributed by atoms with E-state index in [1.165, 1.54) is 4.90 Å². The summed E-state index contributed by atoms with van der Waals surface area (Å²) in [6.07, 6.45) is -4.10. The zero-order valence-corrected chi connectivity index (χ0v) is 10.7. The lowest BCUT2D eigenvalue weighted by Gasteiger charge is -2.35. The number of alkyl halides is 3. The molecule has 1 aromatic carbocycles. The van der Waals surface area contributed by atoms with Crippen molar-refractivity contribution in [1.29, 1.82) is 0 Å². The number of hydrogen-bond acceptors (Lipinski definition) is 3. The average molecular weight is 273 g/mol. The Labute approximate surface area is 110 Å². The first-order chi connectivity index (χ1) is 8.92. The fraction of sp³-hybridized carbons (Fsp3) is 0.538. The van der Waals surface area contributed by atoms with Crippen molar-refractivity contribution >= 4 is 5.69 Å². The molecule has 0 unspecified atom stereocenters. The van der Waals surface area contributed by atoms with Crippen molar-refractivity contribution in [2.24, 2.45) is 0 Å². The molecule has 0 saturated carbocycles. The van der Waals surface area contributed by atoms with E-state index in [-0.39, 0.29) is 0 Å². The van der Waals surface area contributed by atoms with Gasteiger partial charge in [0.15, 0.2) is 0 Å². The van der Waals surface area contributed by atoms with Gasteiger partial charge in [0.25, 0.3) is 0 Å². The molecule has 0 radical (unpaired) electrons. The maximum Gasteiger partial charge on any atom is 0.401 e. The molecule has 2 rings (SSSR count). The Kier molecular flexibility index (Phi) is 4.31. The third-order valence-electron chi connectivity index (χ3n) is 3.25. The van der Waals surface area contributed by atoms with Gasteiger partial charge in [0.2, 0.25) is 0 Å². The minimum absolute atomic E-state index is 0.467. The van der Waals surface area contributed by atoms with Crippen LogP contribution in [0, 0.1) is 0 Å². The van der Waals surface area contributed by atoms with E-state index >= 15 is 0 Å². The van der Waals surface area contributed by atoms with Crippen LogP contribution >= 0.6 is 0 Å². The topological polar surface area (TPSA) is 32.5 Å². The average Bonchev–Trinajstić information content (AvgIpc) is 2.33. The summed E-state index contributed by atoms with van der Waals surface area (Å²) in [6, 6.07) is 7.60. The van der Waals surface area contributed by atoms with Crippen molar-refractivity contribution in [3.8, 4) is 0 Å². The summed E-state index contributed by atoms with van der Waals surface area (Å²) in [5, 5.41) is 0. The molecule has 106 valence electrons. The van der Waals surface area contributed by atoms with E-state index in [0.29, 0.717) is 26.2 Å². The SMILES string of the molecule is Nc1ccc(CN2CCN(CC(F)(F)F)CC2)cc1. The number of nitrogens with two attached hydrogens (primary N) is 1. The molecule has 1 aliphatic heterocycles. The van der Waals surface area contributed by atoms with Crippen LogP contribution in [0.15, 0.2) is 24.3 Å². The molecular formula is C13H18F3N3. The predicted molar refractivity (Wildman–Crippen MR) is 68.6 cm³/mol. The lowest BCUT2D eigenvalue weighted by atomic mass is 10.2. The van der Waals surface area contributed by atoms with Gasteiger partial charge in [-0.1, -0.05) is 12.1 Å². The highest BCUT2D eigenvalue weighted by Gasteiger charge is 2.31. The summed E-state index contributed by atoms with van der Waals surface area (Å²) >= 11 is 0. The highest BCUT2D eigenvalue weighted by Crippen LogP contribution is 2.18. The number of nitrogen functional groups attached to an aromatic ring is 1. The van der Waals surface area contributed by atoms with Crippen molar-refractivity contribution in [3.63, 3.8) is 0 Å². The van der Waals surface area contributed by atoms with Crippen LogP contribution in [0.3, 0.4) is 0 Å². The van der Waals surface area contributed by atoms with Gasteiger partial charge in [-0.3, -0.25) is 9.80 Å². The lowest BCUT2D eigenvalue weighted by molar-refractivity contribution is -0.149. The second-order valence-corrected chi connectivity index (χ2v) is 4.91. The molecule has 1 fully saturated rings. The number of anilines is 1. The standard InChI is InChI=1S/C13H18F3N3/c14-13(15,16)10-19-7-5-18(6-8-19)9-11-1-3-12(17)4-2-11/h1-4H,5-10,17H2. The Bertz CT molecular complexity index is 395. The number of benzene rings is 1. The smallest absolute Gasteiger partial charge is 0.399 e. The molecule has 2 N–H and O–H groups in total. The normalized spacial score (nSPS) is 18.7. The first-order valence-corrected chi connectivity index (χ1v) is 6.28. The highest BCUT2D eigenvalue weighted by atomic mass is 19.4. The molecule has 0 bridgehead atoms. The Balaban J connectivity index is 1.79. The summed E-state index contributed by atoms with van der Waals surface area (Å²) < 4.78 is 36.8. The number of piperazine rings is 1. The van der Waals surface area contributed by atoms with Crippen molar-refractivity contribution in [1.82, 2.24) is 9.80 Å². The van der Waals surface area contributed by atoms with Crippen LogP contribution < -0.4 is 5.73 Å². The summed E-state index contributed by atoms with van der Waals surface area (Å²) in [5.41, 5.74) is 7.47. The van der Waals surface area contributed by atoms with Crippen LogP contribution in [0.25, 0.3) is 0 Å². The Morgan fingerprint density at radius 3 is 2.00 bits per heavy atom. The van der Waals surface area contributed by atoms with Crippen LogP contribution in [0.4, 0.5) is 18.9 Å². The highest BCUT2D eigenvalue weighted by molar-refractivity contribution is 5.39. The van der Waals surface area contributed by atoms with E-state index in [0.717, 1.165) is 17.8 Å². The monoisotopic (exact) mass is 273 g/mol. The first-order valence-electron chi connectivity index (χ1n) is 6.28. The van der Waals surface area contributed by atoms with Gasteiger partial charge in [0.1, 0.15) is 0 Å². The van der Waals surface area contributed by atoms with Crippen molar-refractivity contribution in [2.45, 2.75) is 12.7 Å². The Morgan fingerprint density at radius 2 is 1.47 bits per heavy atom. The van der Waals surface area contributed by atoms with Gasteiger partial charge >= 0.3 is 6.18 Å². The second kappa shape index (κ2) is 5.79. The molecule has 6 heteroatoms. The van der Waals surface area contributed by atoms with Crippen LogP contribution in [0.1, 0.15) is 5.56 Å². The Hall–Kier alpha value is -1.27. The molecule has 0 amide bonds. The molecule has 0 aromatic heterocycles. The summed E-state index contributed by atoms with van der Waals surface area (Å²) in [7, 11) is 0. The number of hydrogen-bond donors (Lipinski definition) is 1. The summed E-state index contributed by atoms with van der Waals surface area (Å²) in [4.78, 5) is 3.62. The molecule has 19 heavy (non-hydrogen) atoms. The van der Waals surface area contributed by atoms with Crippen molar-refractivity contribution < 1.29 is 13.2 Å². The van der Waals surface area contributed by atoms with E-state index in [9.17, 15) is 13.2 Å². The van der Waals surface area contributed by atoms with Gasteiger partial charge in [-0.2, -0.15) is 13.2 Å². The lowest BCUT2D eigenvalue weighted by Crippen LogP contribution is -2.48. The van der Waals surface area contributed by atoms with E-state index in [1.807, 2.05) is 24.3 Å². The first kappa shape index (κ1) is 14.1. The molecule has 1 heterocycles. The van der Waals surface area contributed by atoms with Gasteiger partial charge < -0.3 is 5.73 Å². The van der Waals surface area contributed by atoms with E-state index in [4.69, 9.17) is 5.73 Å². The van der Waals surface area contributed by atoms with E-state index in [1.54, 1.807) is 0 Å². The number of nitrogens with zero attached hydrogens (tertiary/aromatic N) is 2. The van der Waals surface area contributed by atoms with E-state index < -0.39 is 12.7 Å². The molecule has 0 aliphatic carbocycles. The Morgan fingerprint density at radius 1 is 0.947 bits per heavy atom. The molecule has 0 atom stereocenters. The van der Waals surface area contributed by atoms with Crippen molar-refractivity contribution in [3.05, 3.63) is 29.8 Å². The predicted octanol–water partition coefficient (Wildman–Crippen LogP) is 1.95. The van der Waals surface area contributed by atoms with Gasteiger partial charge in [0, 0.05) is 38.4 Å². The van der Waals surface area contributed by atoms with Crippen LogP contribution in [-0.4, -0.2) is 48.7 Å². The molecular weight excluding hydrogens is 255 g/mol. The molecule has 0 spiro atoms. The molecule has 1 aromatic rings. The maximum absolute atomic E-state index is 12.3. The fourth-order valence-electron chi connectivity index (χ4n) is 2.24. The van der Waals surface area contributed by atoms with Crippen LogP contribution in [0.2, 0.25) is 0 Å². The van der Waals surface area contributed by atoms with Gasteiger partial charge in [-0.15, -0.1) is 0 Å². The quantitative estimate of drug-likeness (QED) is 0.854. The molecule has 1 saturated heterocycles. The van der Waals surface area contributed by atoms with Gasteiger partial charge in [-0.25, -0.2) is 0 Å². The maximum atomic E-state index is 12.3. The van der Waals surface area contributed by atoms with Crippen LogP contribution in [-0.2, 0) is 6.54 Å². The summed E-state index contributed by atoms with van der Waals surface area (Å²) in [5.74, 6) is 0. The van der Waals surface area contributed by atoms with E-state index in [2.05, 4.69) is 4.90 Å². The largest absolute Gasteiger partial charge is 0.401 e. The minimum atomic E-state index is -4.10. The third kappa shape index (κ3) is 4.72.